The van der Waals surface area contributed by atoms with Crippen LogP contribution in [0.1, 0.15) is 5.56 Å². The lowest BCUT2D eigenvalue weighted by molar-refractivity contribution is -0.138. The van der Waals surface area contributed by atoms with Crippen LogP contribution in [0, 0.1) is 6.07 Å². The molecule has 0 fully saturated rings. The van der Waals surface area contributed by atoms with Gasteiger partial charge in [-0.1, -0.05) is 24.3 Å². The maximum Gasteiger partial charge on any atom is 0.320 e. The van der Waals surface area contributed by atoms with Crippen molar-refractivity contribution in [2.24, 2.45) is 5.73 Å². The van der Waals surface area contributed by atoms with Crippen molar-refractivity contribution in [3.05, 3.63) is 35.9 Å². The van der Waals surface area contributed by atoms with E-state index in [2.05, 4.69) is 6.07 Å². The summed E-state index contributed by atoms with van der Waals surface area (Å²) in [6, 6.07) is 9.13. The number of benzene rings is 1. The largest absolute Gasteiger partial charge is 0.480 e. The Kier molecular flexibility index (Phi) is 2.82. The molecular weight excluding hydrogens is 154 g/mol. The van der Waals surface area contributed by atoms with Crippen molar-refractivity contribution in [1.82, 2.24) is 0 Å². The smallest absolute Gasteiger partial charge is 0.320 e. The summed E-state index contributed by atoms with van der Waals surface area (Å²) in [6.45, 7) is 0. The Hall–Kier alpha value is -1.35. The van der Waals surface area contributed by atoms with E-state index in [9.17, 15) is 4.79 Å². The Morgan fingerprint density at radius 2 is 2.17 bits per heavy atom. The van der Waals surface area contributed by atoms with Crippen molar-refractivity contribution in [3.8, 4) is 0 Å². The van der Waals surface area contributed by atoms with E-state index in [1.165, 1.54) is 0 Å². The molecule has 0 saturated heterocycles. The van der Waals surface area contributed by atoms with Crippen LogP contribution in [0.3, 0.4) is 0 Å². The minimum Gasteiger partial charge on any atom is -0.480 e. The summed E-state index contributed by atoms with van der Waals surface area (Å²) in [5, 5.41) is 8.51. The van der Waals surface area contributed by atoms with Gasteiger partial charge in [-0.05, 0) is 18.1 Å². The normalized spacial score (nSPS) is 12.4. The minimum atomic E-state index is -0.970. The van der Waals surface area contributed by atoms with Gasteiger partial charge in [0.25, 0.3) is 0 Å². The molecule has 1 atom stereocenters. The number of carbonyl (C=O) groups is 1. The van der Waals surface area contributed by atoms with Crippen molar-refractivity contribution in [2.45, 2.75) is 12.5 Å². The van der Waals surface area contributed by atoms with Gasteiger partial charge in [0.1, 0.15) is 6.04 Å². The molecule has 1 rings (SSSR count). The van der Waals surface area contributed by atoms with Gasteiger partial charge in [-0.2, -0.15) is 0 Å². The van der Waals surface area contributed by atoms with Crippen LogP contribution in [0.15, 0.2) is 24.3 Å². The second kappa shape index (κ2) is 3.88. The summed E-state index contributed by atoms with van der Waals surface area (Å²) >= 11 is 0. The van der Waals surface area contributed by atoms with E-state index in [0.717, 1.165) is 5.56 Å². The SMILES string of the molecule is NC(Cc1cc[c]cc1)C(=O)O. The quantitative estimate of drug-likeness (QED) is 0.681. The average Bonchev–Trinajstić information content (AvgIpc) is 2.06. The molecule has 1 aromatic carbocycles. The zero-order chi connectivity index (χ0) is 8.97. The Balaban J connectivity index is 2.58. The molecule has 0 aliphatic heterocycles. The summed E-state index contributed by atoms with van der Waals surface area (Å²) in [7, 11) is 0. The number of carboxylic acid groups (broad SMARTS) is 1. The van der Waals surface area contributed by atoms with Crippen LogP contribution in [0.4, 0.5) is 0 Å². The molecule has 3 N–H and O–H groups in total. The fourth-order valence-electron chi connectivity index (χ4n) is 0.899. The molecular formula is C9H10NO2. The first-order chi connectivity index (χ1) is 5.70. The van der Waals surface area contributed by atoms with E-state index in [-0.39, 0.29) is 0 Å². The molecule has 0 heterocycles. The number of rotatable bonds is 3. The predicted octanol–water partition coefficient (Wildman–Crippen LogP) is 0.441. The van der Waals surface area contributed by atoms with E-state index in [4.69, 9.17) is 10.8 Å². The number of aliphatic carboxylic acids is 1. The van der Waals surface area contributed by atoms with Crippen molar-refractivity contribution in [2.75, 3.05) is 0 Å². The molecule has 0 spiro atoms. The van der Waals surface area contributed by atoms with Gasteiger partial charge < -0.3 is 10.8 Å². The van der Waals surface area contributed by atoms with Gasteiger partial charge in [0.2, 0.25) is 0 Å². The molecule has 1 radical (unpaired) electrons. The Morgan fingerprint density at radius 3 is 2.67 bits per heavy atom. The van der Waals surface area contributed by atoms with Crippen molar-refractivity contribution in [1.29, 1.82) is 0 Å². The lowest BCUT2D eigenvalue weighted by Crippen LogP contribution is -2.32. The minimum absolute atomic E-state index is 0.365. The third kappa shape index (κ3) is 2.36. The van der Waals surface area contributed by atoms with Crippen molar-refractivity contribution >= 4 is 5.97 Å². The van der Waals surface area contributed by atoms with Crippen LogP contribution < -0.4 is 5.73 Å². The van der Waals surface area contributed by atoms with Crippen LogP contribution >= 0.6 is 0 Å². The Bertz CT molecular complexity index is 258. The van der Waals surface area contributed by atoms with Gasteiger partial charge in [0.05, 0.1) is 0 Å². The maximum absolute atomic E-state index is 10.4. The third-order valence-corrected chi connectivity index (χ3v) is 1.56. The molecule has 12 heavy (non-hydrogen) atoms. The molecule has 1 unspecified atom stereocenters. The zero-order valence-corrected chi connectivity index (χ0v) is 6.53. The molecule has 0 aromatic heterocycles. The average molecular weight is 164 g/mol. The molecule has 63 valence electrons. The predicted molar refractivity (Wildman–Crippen MR) is 44.6 cm³/mol. The van der Waals surface area contributed by atoms with Gasteiger partial charge in [-0.25, -0.2) is 0 Å². The van der Waals surface area contributed by atoms with Crippen LogP contribution in [-0.4, -0.2) is 17.1 Å². The van der Waals surface area contributed by atoms with E-state index in [1.54, 1.807) is 12.1 Å². The van der Waals surface area contributed by atoms with E-state index >= 15 is 0 Å². The van der Waals surface area contributed by atoms with Crippen molar-refractivity contribution < 1.29 is 9.90 Å². The highest BCUT2D eigenvalue weighted by molar-refractivity contribution is 5.73. The van der Waals surface area contributed by atoms with Gasteiger partial charge in [0.15, 0.2) is 0 Å². The second-order valence-electron chi connectivity index (χ2n) is 2.56. The molecule has 0 bridgehead atoms. The van der Waals surface area contributed by atoms with Gasteiger partial charge in [-0.3, -0.25) is 4.79 Å². The lowest BCUT2D eigenvalue weighted by Gasteiger charge is -2.04. The number of hydrogen-bond acceptors (Lipinski definition) is 2. The second-order valence-corrected chi connectivity index (χ2v) is 2.56. The first-order valence-electron chi connectivity index (χ1n) is 3.63. The molecule has 0 amide bonds. The highest BCUT2D eigenvalue weighted by Crippen LogP contribution is 2.00. The van der Waals surface area contributed by atoms with E-state index in [1.807, 2.05) is 12.1 Å². The van der Waals surface area contributed by atoms with Crippen LogP contribution in [0.25, 0.3) is 0 Å². The van der Waals surface area contributed by atoms with Crippen molar-refractivity contribution in [3.63, 3.8) is 0 Å². The first-order valence-corrected chi connectivity index (χ1v) is 3.63. The molecule has 0 aliphatic rings. The summed E-state index contributed by atoms with van der Waals surface area (Å²) in [5.74, 6) is -0.970. The topological polar surface area (TPSA) is 63.3 Å². The molecule has 0 saturated carbocycles. The van der Waals surface area contributed by atoms with Crippen LogP contribution in [-0.2, 0) is 11.2 Å². The summed E-state index contributed by atoms with van der Waals surface area (Å²) in [5.41, 5.74) is 6.26. The molecule has 1 aromatic rings. The van der Waals surface area contributed by atoms with Crippen LogP contribution in [0.5, 0.6) is 0 Å². The number of nitrogens with two attached hydrogens (primary N) is 1. The van der Waals surface area contributed by atoms with Crippen LogP contribution in [0.2, 0.25) is 0 Å². The zero-order valence-electron chi connectivity index (χ0n) is 6.53. The third-order valence-electron chi connectivity index (χ3n) is 1.56. The summed E-state index contributed by atoms with van der Waals surface area (Å²) in [6.07, 6.45) is 0.365. The number of carboxylic acids is 1. The van der Waals surface area contributed by atoms with E-state index < -0.39 is 12.0 Å². The lowest BCUT2D eigenvalue weighted by atomic mass is 10.1. The first kappa shape index (κ1) is 8.74. The summed E-state index contributed by atoms with van der Waals surface area (Å²) < 4.78 is 0. The summed E-state index contributed by atoms with van der Waals surface area (Å²) in [4.78, 5) is 10.4. The number of hydrogen-bond donors (Lipinski definition) is 2. The Labute approximate surface area is 70.8 Å². The highest BCUT2D eigenvalue weighted by Gasteiger charge is 2.10. The standard InChI is InChI=1S/C9H10NO2/c10-8(9(11)12)6-7-4-2-1-3-5-7/h2-5,8H,6,10H2,(H,11,12). The van der Waals surface area contributed by atoms with E-state index in [0.29, 0.717) is 6.42 Å². The highest BCUT2D eigenvalue weighted by atomic mass is 16.4. The fourth-order valence-corrected chi connectivity index (χ4v) is 0.899. The maximum atomic E-state index is 10.4. The molecule has 0 aliphatic carbocycles. The van der Waals surface area contributed by atoms with Gasteiger partial charge in [0, 0.05) is 0 Å². The molecule has 3 heteroatoms. The monoisotopic (exact) mass is 164 g/mol. The fraction of sp³-hybridized carbons (Fsp3) is 0.222. The molecule has 3 nitrogen and oxygen atoms in total. The Morgan fingerprint density at radius 1 is 1.58 bits per heavy atom. The van der Waals surface area contributed by atoms with Gasteiger partial charge >= 0.3 is 5.97 Å². The van der Waals surface area contributed by atoms with Gasteiger partial charge in [-0.15, -0.1) is 0 Å².